The molecule has 2 N–H and O–H groups in total. The zero-order chi connectivity index (χ0) is 18.0. The Morgan fingerprint density at radius 1 is 1.00 bits per heavy atom. The zero-order valence-corrected chi connectivity index (χ0v) is 15.0. The third kappa shape index (κ3) is 3.71. The van der Waals surface area contributed by atoms with E-state index in [1.165, 1.54) is 30.5 Å². The van der Waals surface area contributed by atoms with E-state index in [4.69, 9.17) is 23.2 Å². The predicted molar refractivity (Wildman–Crippen MR) is 100.0 cm³/mol. The fraction of sp³-hybridized carbons (Fsp3) is 0. The lowest BCUT2D eigenvalue weighted by atomic mass is 10.0. The second-order valence-electron chi connectivity index (χ2n) is 5.15. The van der Waals surface area contributed by atoms with E-state index in [0.29, 0.717) is 5.56 Å². The van der Waals surface area contributed by atoms with Gasteiger partial charge in [-0.2, -0.15) is 13.5 Å². The van der Waals surface area contributed by atoms with Crippen LogP contribution in [0.1, 0.15) is 5.56 Å². The third-order valence-electron chi connectivity index (χ3n) is 3.52. The maximum absolute atomic E-state index is 12.2. The van der Waals surface area contributed by atoms with E-state index in [1.807, 2.05) is 24.3 Å². The molecule has 0 unspecified atom stereocenters. The summed E-state index contributed by atoms with van der Waals surface area (Å²) in [5, 5.41) is 15.8. The van der Waals surface area contributed by atoms with Gasteiger partial charge in [-0.05, 0) is 35.0 Å². The van der Waals surface area contributed by atoms with Crippen molar-refractivity contribution >= 4 is 50.2 Å². The number of phenols is 1. The fourth-order valence-corrected chi connectivity index (χ4v) is 3.46. The van der Waals surface area contributed by atoms with Crippen LogP contribution in [0, 0.1) is 0 Å². The van der Waals surface area contributed by atoms with Gasteiger partial charge in [0.15, 0.2) is 0 Å². The van der Waals surface area contributed by atoms with E-state index in [0.717, 1.165) is 10.8 Å². The molecular formula is C17H12Cl2N2O3S. The van der Waals surface area contributed by atoms with Gasteiger partial charge in [0.2, 0.25) is 0 Å². The van der Waals surface area contributed by atoms with E-state index in [-0.39, 0.29) is 20.7 Å². The minimum Gasteiger partial charge on any atom is -0.507 e. The normalized spacial score (nSPS) is 11.9. The molecular weight excluding hydrogens is 383 g/mol. The molecule has 128 valence electrons. The van der Waals surface area contributed by atoms with Gasteiger partial charge >= 0.3 is 0 Å². The number of sulfonamides is 1. The van der Waals surface area contributed by atoms with Crippen molar-refractivity contribution in [1.29, 1.82) is 0 Å². The first kappa shape index (κ1) is 17.5. The first-order chi connectivity index (χ1) is 11.9. The van der Waals surface area contributed by atoms with E-state index < -0.39 is 10.0 Å². The van der Waals surface area contributed by atoms with E-state index >= 15 is 0 Å². The molecule has 0 heterocycles. The van der Waals surface area contributed by atoms with E-state index in [1.54, 1.807) is 6.07 Å². The molecule has 0 spiro atoms. The Balaban J connectivity index is 1.90. The highest BCUT2D eigenvalue weighted by atomic mass is 35.5. The molecule has 25 heavy (non-hydrogen) atoms. The molecule has 0 radical (unpaired) electrons. The lowest BCUT2D eigenvalue weighted by Crippen LogP contribution is -2.18. The summed E-state index contributed by atoms with van der Waals surface area (Å²) in [6.45, 7) is 0. The maximum Gasteiger partial charge on any atom is 0.276 e. The first-order valence-electron chi connectivity index (χ1n) is 7.09. The predicted octanol–water partition coefficient (Wildman–Crippen LogP) is 4.16. The van der Waals surface area contributed by atoms with Crippen molar-refractivity contribution < 1.29 is 13.5 Å². The van der Waals surface area contributed by atoms with Gasteiger partial charge in [0.05, 0.1) is 21.2 Å². The Bertz CT molecular complexity index is 1080. The molecule has 3 rings (SSSR count). The fourth-order valence-electron chi connectivity index (χ4n) is 2.28. The molecule has 0 saturated carbocycles. The summed E-state index contributed by atoms with van der Waals surface area (Å²) in [4.78, 5) is 2.02. The number of aromatic hydroxyl groups is 1. The van der Waals surface area contributed by atoms with Crippen LogP contribution in [0.3, 0.4) is 0 Å². The number of benzene rings is 3. The van der Waals surface area contributed by atoms with Crippen LogP contribution in [0.5, 0.6) is 5.75 Å². The first-order valence-corrected chi connectivity index (χ1v) is 9.33. The van der Waals surface area contributed by atoms with Gasteiger partial charge in [-0.3, -0.25) is 0 Å². The van der Waals surface area contributed by atoms with E-state index in [9.17, 15) is 13.5 Å². The zero-order valence-electron chi connectivity index (χ0n) is 12.6. The molecule has 0 fully saturated rings. The maximum atomic E-state index is 12.2. The summed E-state index contributed by atoms with van der Waals surface area (Å²) in [5.41, 5.74) is 0.412. The second kappa shape index (κ2) is 6.92. The standard InChI is InChI=1S/C17H12Cl2N2O3S/c18-15-7-6-12(9-16(15)19)25(23,24)21-20-10-14-13-4-2-1-3-11(13)5-8-17(14)22/h1-10,21-22H/b20-10+. The summed E-state index contributed by atoms with van der Waals surface area (Å²) in [6, 6.07) is 14.6. The molecule has 3 aromatic rings. The van der Waals surface area contributed by atoms with Crippen molar-refractivity contribution in [2.75, 3.05) is 0 Å². The molecule has 8 heteroatoms. The van der Waals surface area contributed by atoms with Crippen molar-refractivity contribution in [2.24, 2.45) is 5.10 Å². The van der Waals surface area contributed by atoms with Gasteiger partial charge in [0, 0.05) is 5.56 Å². The van der Waals surface area contributed by atoms with Gasteiger partial charge in [-0.25, -0.2) is 4.83 Å². The van der Waals surface area contributed by atoms with Crippen molar-refractivity contribution in [2.45, 2.75) is 4.90 Å². The lowest BCUT2D eigenvalue weighted by molar-refractivity contribution is 0.475. The Labute approximate surface area is 154 Å². The monoisotopic (exact) mass is 394 g/mol. The number of phenolic OH excluding ortho intramolecular Hbond substituents is 1. The summed E-state index contributed by atoms with van der Waals surface area (Å²) in [7, 11) is -3.91. The van der Waals surface area contributed by atoms with Crippen LogP contribution in [-0.4, -0.2) is 19.7 Å². The van der Waals surface area contributed by atoms with Gasteiger partial charge in [0.25, 0.3) is 10.0 Å². The number of halogens is 2. The van der Waals surface area contributed by atoms with E-state index in [2.05, 4.69) is 9.93 Å². The number of hydrogen-bond acceptors (Lipinski definition) is 4. The Morgan fingerprint density at radius 2 is 1.76 bits per heavy atom. The van der Waals surface area contributed by atoms with Crippen molar-refractivity contribution in [3.05, 3.63) is 70.2 Å². The summed E-state index contributed by atoms with van der Waals surface area (Å²) in [5.74, 6) is -0.00353. The van der Waals surface area contributed by atoms with Crippen LogP contribution in [0.25, 0.3) is 10.8 Å². The number of nitrogens with zero attached hydrogens (tertiary/aromatic N) is 1. The van der Waals surface area contributed by atoms with Crippen LogP contribution >= 0.6 is 23.2 Å². The van der Waals surface area contributed by atoms with Crippen molar-refractivity contribution in [3.8, 4) is 5.75 Å². The smallest absolute Gasteiger partial charge is 0.276 e. The molecule has 0 aliphatic carbocycles. The highest BCUT2D eigenvalue weighted by molar-refractivity contribution is 7.89. The second-order valence-corrected chi connectivity index (χ2v) is 7.62. The van der Waals surface area contributed by atoms with Gasteiger partial charge in [-0.15, -0.1) is 0 Å². The number of hydrazone groups is 1. The van der Waals surface area contributed by atoms with Gasteiger partial charge in [0.1, 0.15) is 5.75 Å². The molecule has 0 saturated heterocycles. The quantitative estimate of drug-likeness (QED) is 0.514. The minimum absolute atomic E-state index is 0.00353. The topological polar surface area (TPSA) is 78.8 Å². The third-order valence-corrected chi connectivity index (χ3v) is 5.47. The SMILES string of the molecule is O=S(=O)(N/N=C/c1c(O)ccc2ccccc12)c1ccc(Cl)c(Cl)c1. The number of rotatable bonds is 4. The number of fused-ring (bicyclic) bond motifs is 1. The summed E-state index contributed by atoms with van der Waals surface area (Å²) >= 11 is 11.6. The van der Waals surface area contributed by atoms with Crippen LogP contribution in [0.2, 0.25) is 10.0 Å². The van der Waals surface area contributed by atoms with Crippen molar-refractivity contribution in [1.82, 2.24) is 4.83 Å². The average Bonchev–Trinajstić information content (AvgIpc) is 2.59. The molecule has 0 bridgehead atoms. The van der Waals surface area contributed by atoms with Crippen LogP contribution in [-0.2, 0) is 10.0 Å². The van der Waals surface area contributed by atoms with Crippen LogP contribution in [0.15, 0.2) is 64.6 Å². The summed E-state index contributed by atoms with van der Waals surface area (Å²) < 4.78 is 24.5. The van der Waals surface area contributed by atoms with Gasteiger partial charge < -0.3 is 5.11 Å². The number of hydrogen-bond donors (Lipinski definition) is 2. The molecule has 0 aromatic heterocycles. The highest BCUT2D eigenvalue weighted by Gasteiger charge is 2.14. The number of nitrogens with one attached hydrogen (secondary N) is 1. The molecule has 3 aromatic carbocycles. The molecule has 0 amide bonds. The lowest BCUT2D eigenvalue weighted by Gasteiger charge is -2.06. The summed E-state index contributed by atoms with van der Waals surface area (Å²) in [6.07, 6.45) is 1.26. The van der Waals surface area contributed by atoms with Crippen LogP contribution < -0.4 is 4.83 Å². The van der Waals surface area contributed by atoms with Crippen LogP contribution in [0.4, 0.5) is 0 Å². The van der Waals surface area contributed by atoms with Gasteiger partial charge in [-0.1, -0.05) is 53.5 Å². The Morgan fingerprint density at radius 3 is 2.52 bits per heavy atom. The molecule has 0 aliphatic heterocycles. The Kier molecular flexibility index (Phi) is 4.85. The molecule has 0 atom stereocenters. The minimum atomic E-state index is -3.91. The Hall–Kier alpha value is -2.28. The molecule has 0 aliphatic rings. The molecule has 5 nitrogen and oxygen atoms in total. The average molecular weight is 395 g/mol. The highest BCUT2D eigenvalue weighted by Crippen LogP contribution is 2.26. The van der Waals surface area contributed by atoms with Crippen molar-refractivity contribution in [3.63, 3.8) is 0 Å². The largest absolute Gasteiger partial charge is 0.507 e.